The van der Waals surface area contributed by atoms with Crippen LogP contribution >= 0.6 is 0 Å². The highest BCUT2D eigenvalue weighted by molar-refractivity contribution is 5.86. The summed E-state index contributed by atoms with van der Waals surface area (Å²) in [6.07, 6.45) is -1.81. The molecule has 0 aromatic rings. The van der Waals surface area contributed by atoms with Crippen molar-refractivity contribution in [3.8, 4) is 0 Å². The van der Waals surface area contributed by atoms with E-state index in [1.165, 1.54) is 6.92 Å². The number of hydrogen-bond donors (Lipinski definition) is 2. The average Bonchev–Trinajstić information content (AvgIpc) is 2.24. The Balaban J connectivity index is 4.07. The number of nitrogens with one attached hydrogen (secondary N) is 1. The summed E-state index contributed by atoms with van der Waals surface area (Å²) in [6, 6.07) is 0. The number of rotatable bonds is 9. The second-order valence-corrected chi connectivity index (χ2v) is 4.15. The zero-order valence-electron chi connectivity index (χ0n) is 10.5. The van der Waals surface area contributed by atoms with Crippen molar-refractivity contribution in [2.75, 3.05) is 13.2 Å². The first kappa shape index (κ1) is 16.8. The summed E-state index contributed by atoms with van der Waals surface area (Å²) in [5.41, 5.74) is -1.32. The number of alkyl halides is 2. The van der Waals surface area contributed by atoms with Crippen molar-refractivity contribution in [2.24, 2.45) is 0 Å². The molecule has 0 radical (unpaired) electrons. The minimum Gasteiger partial charge on any atom is -0.480 e. The van der Waals surface area contributed by atoms with Crippen molar-refractivity contribution >= 4 is 11.9 Å². The molecule has 0 saturated heterocycles. The van der Waals surface area contributed by atoms with E-state index in [1.807, 2.05) is 0 Å². The van der Waals surface area contributed by atoms with Gasteiger partial charge < -0.3 is 15.2 Å². The molecule has 5 nitrogen and oxygen atoms in total. The van der Waals surface area contributed by atoms with Crippen molar-refractivity contribution < 1.29 is 28.2 Å². The van der Waals surface area contributed by atoms with Crippen molar-refractivity contribution in [3.05, 3.63) is 0 Å². The summed E-state index contributed by atoms with van der Waals surface area (Å²) >= 11 is 0. The Labute approximate surface area is 105 Å². The number of carboxylic acid groups (broad SMARTS) is 1. The Morgan fingerprint density at radius 1 is 1.44 bits per heavy atom. The highest BCUT2D eigenvalue weighted by atomic mass is 19.3. The minimum atomic E-state index is -2.57. The van der Waals surface area contributed by atoms with Gasteiger partial charge in [0, 0.05) is 6.42 Å². The van der Waals surface area contributed by atoms with Crippen LogP contribution in [0.4, 0.5) is 8.78 Å². The van der Waals surface area contributed by atoms with Crippen LogP contribution in [0.25, 0.3) is 0 Å². The number of amides is 1. The molecule has 0 fully saturated rings. The molecule has 0 aliphatic carbocycles. The molecule has 0 aliphatic rings. The van der Waals surface area contributed by atoms with Crippen LogP contribution in [-0.4, -0.2) is 42.2 Å². The van der Waals surface area contributed by atoms with Gasteiger partial charge in [-0.3, -0.25) is 4.79 Å². The monoisotopic (exact) mass is 267 g/mol. The average molecular weight is 267 g/mol. The van der Waals surface area contributed by atoms with Gasteiger partial charge in [-0.2, -0.15) is 0 Å². The Morgan fingerprint density at radius 2 is 2.06 bits per heavy atom. The summed E-state index contributed by atoms with van der Waals surface area (Å²) in [5, 5.41) is 11.4. The third-order valence-electron chi connectivity index (χ3n) is 2.35. The first-order valence-corrected chi connectivity index (χ1v) is 5.72. The van der Waals surface area contributed by atoms with E-state index in [9.17, 15) is 18.4 Å². The Bertz CT molecular complexity index is 286. The van der Waals surface area contributed by atoms with Crippen LogP contribution in [0, 0.1) is 0 Å². The van der Waals surface area contributed by atoms with E-state index < -0.39 is 30.4 Å². The maximum atomic E-state index is 11.7. The third kappa shape index (κ3) is 6.48. The number of carbonyl (C=O) groups excluding carboxylic acids is 1. The molecule has 0 aromatic carbocycles. The van der Waals surface area contributed by atoms with E-state index in [-0.39, 0.29) is 13.0 Å². The quantitative estimate of drug-likeness (QED) is 0.619. The van der Waals surface area contributed by atoms with Gasteiger partial charge in [0.2, 0.25) is 5.91 Å². The number of carbonyl (C=O) groups is 2. The Hall–Kier alpha value is -1.24. The third-order valence-corrected chi connectivity index (χ3v) is 2.35. The predicted molar refractivity (Wildman–Crippen MR) is 60.5 cm³/mol. The van der Waals surface area contributed by atoms with E-state index in [0.29, 0.717) is 12.8 Å². The standard InChI is InChI=1S/C11H19F2NO4/c1-3-5-11(2,10(16)17)14-9(15)4-6-18-7-8(12)13/h8H,3-7H2,1-2H3,(H,14,15)(H,16,17). The van der Waals surface area contributed by atoms with E-state index in [0.717, 1.165) is 0 Å². The first-order valence-electron chi connectivity index (χ1n) is 5.72. The molecule has 0 rings (SSSR count). The van der Waals surface area contributed by atoms with Gasteiger partial charge in [-0.05, 0) is 13.3 Å². The van der Waals surface area contributed by atoms with E-state index in [1.54, 1.807) is 6.92 Å². The lowest BCUT2D eigenvalue weighted by molar-refractivity contribution is -0.147. The Morgan fingerprint density at radius 3 is 2.50 bits per heavy atom. The fraction of sp³-hybridized carbons (Fsp3) is 0.818. The summed E-state index contributed by atoms with van der Waals surface area (Å²) in [5.74, 6) is -1.64. The first-order chi connectivity index (χ1) is 8.31. The summed E-state index contributed by atoms with van der Waals surface area (Å²) in [7, 11) is 0. The molecule has 0 aromatic heterocycles. The molecule has 18 heavy (non-hydrogen) atoms. The molecule has 1 atom stereocenters. The van der Waals surface area contributed by atoms with Gasteiger partial charge in [-0.25, -0.2) is 13.6 Å². The van der Waals surface area contributed by atoms with Crippen LogP contribution in [0.15, 0.2) is 0 Å². The van der Waals surface area contributed by atoms with Gasteiger partial charge in [0.1, 0.15) is 12.1 Å². The molecular formula is C11H19F2NO4. The highest BCUT2D eigenvalue weighted by Crippen LogP contribution is 2.12. The number of halogens is 2. The van der Waals surface area contributed by atoms with Gasteiger partial charge in [0.05, 0.1) is 6.61 Å². The fourth-order valence-electron chi connectivity index (χ4n) is 1.43. The molecule has 2 N–H and O–H groups in total. The van der Waals surface area contributed by atoms with Crippen LogP contribution in [0.3, 0.4) is 0 Å². The van der Waals surface area contributed by atoms with Crippen LogP contribution in [-0.2, 0) is 14.3 Å². The van der Waals surface area contributed by atoms with Crippen molar-refractivity contribution in [1.82, 2.24) is 5.32 Å². The van der Waals surface area contributed by atoms with Crippen molar-refractivity contribution in [1.29, 1.82) is 0 Å². The maximum Gasteiger partial charge on any atom is 0.329 e. The van der Waals surface area contributed by atoms with E-state index in [2.05, 4.69) is 10.1 Å². The van der Waals surface area contributed by atoms with E-state index in [4.69, 9.17) is 5.11 Å². The second-order valence-electron chi connectivity index (χ2n) is 4.15. The highest BCUT2D eigenvalue weighted by Gasteiger charge is 2.33. The lowest BCUT2D eigenvalue weighted by Crippen LogP contribution is -2.52. The van der Waals surface area contributed by atoms with Crippen molar-refractivity contribution in [2.45, 2.75) is 45.1 Å². The summed E-state index contributed by atoms with van der Waals surface area (Å²) in [4.78, 5) is 22.5. The molecule has 0 aliphatic heterocycles. The van der Waals surface area contributed by atoms with Gasteiger partial charge in [-0.15, -0.1) is 0 Å². The molecule has 0 heterocycles. The molecule has 1 amide bonds. The molecule has 7 heteroatoms. The topological polar surface area (TPSA) is 75.6 Å². The molecule has 106 valence electrons. The van der Waals surface area contributed by atoms with Crippen LogP contribution in [0.1, 0.15) is 33.1 Å². The summed E-state index contributed by atoms with van der Waals surface area (Å²) < 4.78 is 28.0. The predicted octanol–water partition coefficient (Wildman–Crippen LogP) is 1.42. The lowest BCUT2D eigenvalue weighted by Gasteiger charge is -2.25. The Kier molecular flexibility index (Phi) is 7.42. The summed E-state index contributed by atoms with van der Waals surface area (Å²) in [6.45, 7) is 2.34. The lowest BCUT2D eigenvalue weighted by atomic mass is 9.96. The van der Waals surface area contributed by atoms with E-state index >= 15 is 0 Å². The number of carboxylic acids is 1. The zero-order valence-corrected chi connectivity index (χ0v) is 10.5. The molecule has 0 bridgehead atoms. The molecular weight excluding hydrogens is 248 g/mol. The largest absolute Gasteiger partial charge is 0.480 e. The number of aliphatic carboxylic acids is 1. The van der Waals surface area contributed by atoms with Crippen LogP contribution in [0.5, 0.6) is 0 Å². The zero-order chi connectivity index (χ0) is 14.2. The molecule has 1 unspecified atom stereocenters. The second kappa shape index (κ2) is 7.97. The maximum absolute atomic E-state index is 11.7. The van der Waals surface area contributed by atoms with Crippen molar-refractivity contribution in [3.63, 3.8) is 0 Å². The smallest absolute Gasteiger partial charge is 0.329 e. The SMILES string of the molecule is CCCC(C)(NC(=O)CCOCC(F)F)C(=O)O. The fourth-order valence-corrected chi connectivity index (χ4v) is 1.43. The van der Waals surface area contributed by atoms with Gasteiger partial charge in [0.25, 0.3) is 6.43 Å². The minimum absolute atomic E-state index is 0.140. The van der Waals surface area contributed by atoms with Gasteiger partial charge >= 0.3 is 5.97 Å². The van der Waals surface area contributed by atoms with Crippen LogP contribution in [0.2, 0.25) is 0 Å². The molecule has 0 saturated carbocycles. The number of hydrogen-bond acceptors (Lipinski definition) is 3. The van der Waals surface area contributed by atoms with Crippen LogP contribution < -0.4 is 5.32 Å². The normalized spacial score (nSPS) is 14.3. The van der Waals surface area contributed by atoms with Gasteiger partial charge in [-0.1, -0.05) is 13.3 Å². The molecule has 0 spiro atoms. The van der Waals surface area contributed by atoms with Gasteiger partial charge in [0.15, 0.2) is 0 Å². The number of ether oxygens (including phenoxy) is 1.